The predicted molar refractivity (Wildman–Crippen MR) is 330 cm³/mol. The van der Waals surface area contributed by atoms with Crippen molar-refractivity contribution in [2.75, 3.05) is 40.9 Å². The van der Waals surface area contributed by atoms with Crippen LogP contribution in [0, 0.1) is 0 Å². The van der Waals surface area contributed by atoms with E-state index in [0.29, 0.717) is 23.9 Å². The van der Waals surface area contributed by atoms with Crippen molar-refractivity contribution < 1.29 is 37.3 Å². The fraction of sp³-hybridized carbons (Fsp3) is 0.791. The van der Waals surface area contributed by atoms with Gasteiger partial charge in [-0.1, -0.05) is 248 Å². The molecule has 0 heterocycles. The summed E-state index contributed by atoms with van der Waals surface area (Å²) in [7, 11) is 1.16. The highest BCUT2D eigenvalue weighted by atomic mass is 31.2. The standard InChI is InChI=1S/C67H123N2O7P/c1-7-10-13-16-19-22-25-27-29-31-33-34-36-37-39-41-44-47-50-53-56-59-66(70)68-64(63-75-77(72,73)74-62-61-69(4,5)6)65(58-55-52-49-46-43-24-21-18-15-12-9-3)76-67(71)60-57-54-51-48-45-42-40-38-35-32-30-28-26-23-20-17-14-11-8-2/h20,23,27-30,35,38,42,45,55,58,64-65H,7-19,21-22,24-26,31-34,36-37,39-41,43-44,46-54,56-57,59-63H2,1-6H3,(H-,68,70,72,73)/b23-20-,29-27+,30-28-,38-35-,45-42-,58-55+. The molecule has 1 N–H and O–H groups in total. The summed E-state index contributed by atoms with van der Waals surface area (Å²) in [5.41, 5.74) is 0. The summed E-state index contributed by atoms with van der Waals surface area (Å²) in [5, 5.41) is 3.02. The summed E-state index contributed by atoms with van der Waals surface area (Å²) >= 11 is 0. The van der Waals surface area contributed by atoms with Crippen LogP contribution < -0.4 is 10.2 Å². The second-order valence-electron chi connectivity index (χ2n) is 22.9. The molecule has 0 saturated carbocycles. The van der Waals surface area contributed by atoms with Gasteiger partial charge in [-0.25, -0.2) is 0 Å². The number of quaternary nitrogens is 1. The van der Waals surface area contributed by atoms with Crippen molar-refractivity contribution in [3.05, 3.63) is 72.9 Å². The highest BCUT2D eigenvalue weighted by Crippen LogP contribution is 2.38. The smallest absolute Gasteiger partial charge is 0.306 e. The van der Waals surface area contributed by atoms with Crippen molar-refractivity contribution in [2.45, 2.75) is 303 Å². The molecule has 448 valence electrons. The lowest BCUT2D eigenvalue weighted by molar-refractivity contribution is -0.870. The maximum atomic E-state index is 13.5. The second kappa shape index (κ2) is 56.7. The van der Waals surface area contributed by atoms with Crippen LogP contribution in [0.2, 0.25) is 0 Å². The van der Waals surface area contributed by atoms with Crippen LogP contribution in [0.5, 0.6) is 0 Å². The van der Waals surface area contributed by atoms with Gasteiger partial charge in [0.1, 0.15) is 19.3 Å². The Morgan fingerprint density at radius 3 is 1.23 bits per heavy atom. The van der Waals surface area contributed by atoms with Crippen LogP contribution in [-0.4, -0.2) is 69.4 Å². The number of phosphoric ester groups is 1. The Bertz CT molecular complexity index is 1550. The van der Waals surface area contributed by atoms with Crippen molar-refractivity contribution in [2.24, 2.45) is 0 Å². The number of phosphoric acid groups is 1. The molecule has 0 aromatic rings. The third-order valence-electron chi connectivity index (χ3n) is 14.1. The number of ether oxygens (including phenoxy) is 1. The van der Waals surface area contributed by atoms with Gasteiger partial charge in [-0.3, -0.25) is 14.2 Å². The summed E-state index contributed by atoms with van der Waals surface area (Å²) in [4.78, 5) is 40.0. The SMILES string of the molecule is CCCCC/C=C\C/C=C\C/C=C\C/C=C\CCCCCC(=O)OC(/C=C/CCCCCCCCCCC)C(COP(=O)([O-])OCC[N+](C)(C)C)NC(=O)CCCCCCCCCCCCC/C=C/CCCCCCCC. The number of carbonyl (C=O) groups is 2. The molecule has 0 aromatic heterocycles. The van der Waals surface area contributed by atoms with E-state index in [-0.39, 0.29) is 24.9 Å². The zero-order valence-electron chi connectivity index (χ0n) is 51.2. The topological polar surface area (TPSA) is 114 Å². The van der Waals surface area contributed by atoms with Crippen LogP contribution in [0.15, 0.2) is 72.9 Å². The third kappa shape index (κ3) is 57.9. The Kier molecular flexibility index (Phi) is 54.8. The summed E-state index contributed by atoms with van der Waals surface area (Å²) < 4.78 is 30.3. The van der Waals surface area contributed by atoms with Crippen LogP contribution in [0.1, 0.15) is 290 Å². The molecule has 0 aliphatic carbocycles. The lowest BCUT2D eigenvalue weighted by atomic mass is 10.0. The first-order valence-corrected chi connectivity index (χ1v) is 33.7. The van der Waals surface area contributed by atoms with Crippen LogP contribution in [-0.2, 0) is 27.9 Å². The molecule has 3 unspecified atom stereocenters. The maximum Gasteiger partial charge on any atom is 0.306 e. The van der Waals surface area contributed by atoms with E-state index in [9.17, 15) is 19.0 Å². The zero-order chi connectivity index (χ0) is 56.4. The molecule has 0 aromatic carbocycles. The summed E-state index contributed by atoms with van der Waals surface area (Å²) in [5.74, 6) is -0.574. The molecular formula is C67H123N2O7P. The van der Waals surface area contributed by atoms with Gasteiger partial charge in [0.2, 0.25) is 5.91 Å². The number of unbranched alkanes of at least 4 members (excludes halogenated alkanes) is 32. The normalized spacial score (nSPS) is 14.1. The maximum absolute atomic E-state index is 13.5. The van der Waals surface area contributed by atoms with Gasteiger partial charge in [-0.05, 0) is 102 Å². The average Bonchev–Trinajstić information content (AvgIpc) is 3.39. The van der Waals surface area contributed by atoms with Crippen LogP contribution >= 0.6 is 7.82 Å². The molecule has 0 fully saturated rings. The van der Waals surface area contributed by atoms with Gasteiger partial charge < -0.3 is 28.5 Å². The number of esters is 1. The number of amides is 1. The van der Waals surface area contributed by atoms with E-state index >= 15 is 0 Å². The molecular weight excluding hydrogens is 976 g/mol. The number of carbonyl (C=O) groups excluding carboxylic acids is 2. The molecule has 0 aliphatic rings. The van der Waals surface area contributed by atoms with Crippen LogP contribution in [0.3, 0.4) is 0 Å². The van der Waals surface area contributed by atoms with Crippen molar-refractivity contribution in [3.63, 3.8) is 0 Å². The summed E-state index contributed by atoms with van der Waals surface area (Å²) in [6.07, 6.45) is 73.0. The number of rotatable bonds is 58. The second-order valence-corrected chi connectivity index (χ2v) is 24.3. The minimum absolute atomic E-state index is 0.0295. The number of nitrogens with zero attached hydrogens (tertiary/aromatic N) is 1. The average molecular weight is 1100 g/mol. The Hall–Kier alpha value is -2.55. The van der Waals surface area contributed by atoms with Gasteiger partial charge in [0.25, 0.3) is 7.82 Å². The Balaban J connectivity index is 5.22. The Morgan fingerprint density at radius 2 is 0.792 bits per heavy atom. The zero-order valence-corrected chi connectivity index (χ0v) is 52.0. The van der Waals surface area contributed by atoms with Crippen molar-refractivity contribution in [1.82, 2.24) is 5.32 Å². The van der Waals surface area contributed by atoms with E-state index in [1.165, 1.54) is 173 Å². The molecule has 0 rings (SSSR count). The number of likely N-dealkylation sites (N-methyl/N-ethyl adjacent to an activating group) is 1. The largest absolute Gasteiger partial charge is 0.756 e. The fourth-order valence-corrected chi connectivity index (χ4v) is 9.81. The molecule has 77 heavy (non-hydrogen) atoms. The number of nitrogens with one attached hydrogen (secondary N) is 1. The van der Waals surface area contributed by atoms with E-state index in [0.717, 1.165) is 77.0 Å². The lowest BCUT2D eigenvalue weighted by Crippen LogP contribution is -2.47. The molecule has 9 nitrogen and oxygen atoms in total. The quantitative estimate of drug-likeness (QED) is 0.0212. The van der Waals surface area contributed by atoms with E-state index in [1.54, 1.807) is 0 Å². The number of allylic oxidation sites excluding steroid dienone is 11. The van der Waals surface area contributed by atoms with E-state index in [1.807, 2.05) is 33.3 Å². The van der Waals surface area contributed by atoms with Gasteiger partial charge in [-0.15, -0.1) is 0 Å². The van der Waals surface area contributed by atoms with Gasteiger partial charge in [0, 0.05) is 12.8 Å². The number of hydrogen-bond donors (Lipinski definition) is 1. The van der Waals surface area contributed by atoms with Gasteiger partial charge in [-0.2, -0.15) is 0 Å². The highest BCUT2D eigenvalue weighted by molar-refractivity contribution is 7.45. The molecule has 0 spiro atoms. The predicted octanol–water partition coefficient (Wildman–Crippen LogP) is 19.4. The molecule has 0 radical (unpaired) electrons. The minimum atomic E-state index is -4.71. The molecule has 0 aliphatic heterocycles. The first-order chi connectivity index (χ1) is 37.4. The van der Waals surface area contributed by atoms with Gasteiger partial charge in [0.15, 0.2) is 0 Å². The summed E-state index contributed by atoms with van der Waals surface area (Å²) in [6.45, 7) is 6.80. The molecule has 3 atom stereocenters. The van der Waals surface area contributed by atoms with Crippen molar-refractivity contribution in [3.8, 4) is 0 Å². The van der Waals surface area contributed by atoms with Crippen molar-refractivity contribution in [1.29, 1.82) is 0 Å². The molecule has 10 heteroatoms. The first kappa shape index (κ1) is 74.5. The minimum Gasteiger partial charge on any atom is -0.756 e. The van der Waals surface area contributed by atoms with Crippen LogP contribution in [0.25, 0.3) is 0 Å². The third-order valence-corrected chi connectivity index (χ3v) is 15.1. The Morgan fingerprint density at radius 1 is 0.455 bits per heavy atom. The molecule has 0 saturated heterocycles. The molecule has 1 amide bonds. The van der Waals surface area contributed by atoms with Crippen LogP contribution in [0.4, 0.5) is 0 Å². The van der Waals surface area contributed by atoms with Crippen molar-refractivity contribution >= 4 is 19.7 Å². The lowest BCUT2D eigenvalue weighted by Gasteiger charge is -2.30. The van der Waals surface area contributed by atoms with E-state index in [2.05, 4.69) is 86.8 Å². The Labute approximate surface area is 476 Å². The van der Waals surface area contributed by atoms with Gasteiger partial charge >= 0.3 is 5.97 Å². The van der Waals surface area contributed by atoms with E-state index in [4.69, 9.17) is 13.8 Å². The van der Waals surface area contributed by atoms with Gasteiger partial charge in [0.05, 0.1) is 33.8 Å². The molecule has 0 bridgehead atoms. The van der Waals surface area contributed by atoms with E-state index < -0.39 is 26.6 Å². The number of hydrogen-bond acceptors (Lipinski definition) is 7. The highest BCUT2D eigenvalue weighted by Gasteiger charge is 2.27. The summed E-state index contributed by atoms with van der Waals surface area (Å²) in [6, 6.07) is -0.904. The monoisotopic (exact) mass is 1100 g/mol. The fourth-order valence-electron chi connectivity index (χ4n) is 9.09. The first-order valence-electron chi connectivity index (χ1n) is 32.2.